The van der Waals surface area contributed by atoms with Crippen molar-refractivity contribution in [1.82, 2.24) is 0 Å². The highest BCUT2D eigenvalue weighted by molar-refractivity contribution is 14.1. The highest BCUT2D eigenvalue weighted by Crippen LogP contribution is 2.36. The molecule has 0 saturated heterocycles. The number of rotatable bonds is 2. The Morgan fingerprint density at radius 2 is 2.05 bits per heavy atom. The Labute approximate surface area is 133 Å². The van der Waals surface area contributed by atoms with Gasteiger partial charge in [0.25, 0.3) is 0 Å². The van der Waals surface area contributed by atoms with Crippen molar-refractivity contribution in [2.75, 3.05) is 5.73 Å². The first-order valence-corrected chi connectivity index (χ1v) is 8.41. The Morgan fingerprint density at radius 1 is 1.37 bits per heavy atom. The summed E-state index contributed by atoms with van der Waals surface area (Å²) in [4.78, 5) is 13.5. The van der Waals surface area contributed by atoms with Crippen molar-refractivity contribution in [2.24, 2.45) is 0 Å². The van der Waals surface area contributed by atoms with Gasteiger partial charge in [-0.1, -0.05) is 0 Å². The highest BCUT2D eigenvalue weighted by atomic mass is 127. The monoisotopic (exact) mass is 407 g/mol. The fourth-order valence-electron chi connectivity index (χ4n) is 1.47. The number of halogens is 1. The van der Waals surface area contributed by atoms with E-state index in [9.17, 15) is 4.79 Å². The van der Waals surface area contributed by atoms with Gasteiger partial charge < -0.3 is 10.5 Å². The second-order valence-electron chi connectivity index (χ2n) is 5.04. The quantitative estimate of drug-likeness (QED) is 0.584. The van der Waals surface area contributed by atoms with Gasteiger partial charge in [-0.2, -0.15) is 0 Å². The zero-order valence-corrected chi connectivity index (χ0v) is 14.6. The van der Waals surface area contributed by atoms with Gasteiger partial charge in [-0.25, -0.2) is 4.79 Å². The molecule has 0 bridgehead atoms. The van der Waals surface area contributed by atoms with E-state index < -0.39 is 5.60 Å². The maximum Gasteiger partial charge on any atom is 0.350 e. The van der Waals surface area contributed by atoms with Crippen molar-refractivity contribution < 1.29 is 9.53 Å². The molecule has 0 saturated carbocycles. The van der Waals surface area contributed by atoms with E-state index in [0.717, 1.165) is 10.4 Å². The second kappa shape index (κ2) is 5.41. The van der Waals surface area contributed by atoms with Gasteiger partial charge >= 0.3 is 5.97 Å². The van der Waals surface area contributed by atoms with E-state index in [1.165, 1.54) is 14.2 Å². The number of carbonyl (C=O) groups is 1. The summed E-state index contributed by atoms with van der Waals surface area (Å²) in [6.07, 6.45) is 0. The molecule has 0 aliphatic heterocycles. The third-order valence-electron chi connectivity index (χ3n) is 2.20. The number of anilines is 1. The van der Waals surface area contributed by atoms with E-state index in [1.54, 1.807) is 11.3 Å². The van der Waals surface area contributed by atoms with Crippen LogP contribution in [0.3, 0.4) is 0 Å². The molecular weight excluding hydrogens is 393 g/mol. The number of ether oxygens (including phenoxy) is 1. The molecule has 0 unspecified atom stereocenters. The molecule has 0 spiro atoms. The molecule has 2 rings (SSSR count). The Hall–Kier alpha value is -0.600. The molecule has 0 aromatic carbocycles. The van der Waals surface area contributed by atoms with Crippen molar-refractivity contribution in [3.63, 3.8) is 0 Å². The van der Waals surface area contributed by atoms with Crippen LogP contribution in [-0.4, -0.2) is 11.6 Å². The summed E-state index contributed by atoms with van der Waals surface area (Å²) in [5, 5.41) is 2.06. The molecule has 0 atom stereocenters. The van der Waals surface area contributed by atoms with Gasteiger partial charge in [0.05, 0.1) is 8.57 Å². The van der Waals surface area contributed by atoms with Crippen molar-refractivity contribution in [3.05, 3.63) is 25.3 Å². The molecule has 0 fully saturated rings. The van der Waals surface area contributed by atoms with Crippen LogP contribution in [0.5, 0.6) is 0 Å². The lowest BCUT2D eigenvalue weighted by molar-refractivity contribution is 0.00764. The van der Waals surface area contributed by atoms with Crippen LogP contribution in [0.2, 0.25) is 0 Å². The minimum atomic E-state index is -0.508. The summed E-state index contributed by atoms with van der Waals surface area (Å²) < 4.78 is 6.56. The number of nitrogens with two attached hydrogens (primary N) is 1. The van der Waals surface area contributed by atoms with E-state index >= 15 is 0 Å². The highest BCUT2D eigenvalue weighted by Gasteiger charge is 2.22. The van der Waals surface area contributed by atoms with Crippen LogP contribution < -0.4 is 5.73 Å². The van der Waals surface area contributed by atoms with Crippen LogP contribution in [0, 0.1) is 2.88 Å². The molecule has 19 heavy (non-hydrogen) atoms. The summed E-state index contributed by atoms with van der Waals surface area (Å²) in [5.74, 6) is -0.355. The van der Waals surface area contributed by atoms with E-state index in [2.05, 4.69) is 34.0 Å². The van der Waals surface area contributed by atoms with E-state index in [4.69, 9.17) is 10.5 Å². The number of hydrogen-bond donors (Lipinski definition) is 1. The van der Waals surface area contributed by atoms with Crippen molar-refractivity contribution >= 4 is 56.9 Å². The second-order valence-corrected chi connectivity index (χ2v) is 8.89. The first-order valence-electron chi connectivity index (χ1n) is 5.63. The van der Waals surface area contributed by atoms with Crippen LogP contribution in [0.25, 0.3) is 10.4 Å². The summed E-state index contributed by atoms with van der Waals surface area (Å²) in [7, 11) is 0. The Morgan fingerprint density at radius 3 is 2.58 bits per heavy atom. The smallest absolute Gasteiger partial charge is 0.350 e. The van der Waals surface area contributed by atoms with Crippen LogP contribution >= 0.6 is 45.3 Å². The van der Waals surface area contributed by atoms with Gasteiger partial charge in [0.15, 0.2) is 0 Å². The molecule has 0 radical (unpaired) electrons. The first kappa shape index (κ1) is 14.8. The van der Waals surface area contributed by atoms with Gasteiger partial charge in [0.1, 0.15) is 10.5 Å². The summed E-state index contributed by atoms with van der Waals surface area (Å²) in [5.41, 5.74) is 6.99. The molecule has 0 amide bonds. The molecule has 2 N–H and O–H groups in total. The van der Waals surface area contributed by atoms with Gasteiger partial charge in [0, 0.05) is 15.8 Å². The molecule has 3 nitrogen and oxygen atoms in total. The molecular formula is C13H14INO2S2. The van der Waals surface area contributed by atoms with Gasteiger partial charge in [-0.3, -0.25) is 0 Å². The maximum absolute atomic E-state index is 12.0. The SMILES string of the molecule is CC(C)(C)OC(=O)c1sc(-c2csc(I)c2)cc1N. The number of nitrogen functional groups attached to an aromatic ring is 1. The summed E-state index contributed by atoms with van der Waals surface area (Å²) >= 11 is 5.32. The average Bonchev–Trinajstić information content (AvgIpc) is 2.82. The van der Waals surface area contributed by atoms with Crippen LogP contribution in [0.1, 0.15) is 30.4 Å². The third kappa shape index (κ3) is 3.70. The lowest BCUT2D eigenvalue weighted by Crippen LogP contribution is -2.23. The normalized spacial score (nSPS) is 11.6. The fourth-order valence-corrected chi connectivity index (χ4v) is 3.83. The van der Waals surface area contributed by atoms with Gasteiger partial charge in [0.2, 0.25) is 0 Å². The van der Waals surface area contributed by atoms with Crippen molar-refractivity contribution in [3.8, 4) is 10.4 Å². The number of hydrogen-bond acceptors (Lipinski definition) is 5. The number of esters is 1. The average molecular weight is 407 g/mol. The fraction of sp³-hybridized carbons (Fsp3) is 0.308. The largest absolute Gasteiger partial charge is 0.456 e. The zero-order chi connectivity index (χ0) is 14.2. The Kier molecular flexibility index (Phi) is 4.22. The minimum absolute atomic E-state index is 0.355. The standard InChI is InChI=1S/C13H14INO2S2/c1-13(2,3)17-12(16)11-8(15)5-9(19-11)7-4-10(14)18-6-7/h4-6H,15H2,1-3H3. The molecule has 0 aliphatic rings. The molecule has 2 heterocycles. The summed E-state index contributed by atoms with van der Waals surface area (Å²) in [6.45, 7) is 5.53. The van der Waals surface area contributed by atoms with Crippen LogP contribution in [0.4, 0.5) is 5.69 Å². The predicted molar refractivity (Wildman–Crippen MR) is 89.9 cm³/mol. The van der Waals surface area contributed by atoms with Gasteiger partial charge in [-0.05, 0) is 55.5 Å². The third-order valence-corrected chi connectivity index (χ3v) is 5.17. The molecule has 2 aromatic rings. The van der Waals surface area contributed by atoms with Crippen LogP contribution in [0.15, 0.2) is 17.5 Å². The Bertz CT molecular complexity index is 610. The van der Waals surface area contributed by atoms with Gasteiger partial charge in [-0.15, -0.1) is 22.7 Å². The molecule has 102 valence electrons. The molecule has 0 aliphatic carbocycles. The Balaban J connectivity index is 2.29. The topological polar surface area (TPSA) is 52.3 Å². The van der Waals surface area contributed by atoms with E-state index in [0.29, 0.717) is 10.6 Å². The molecule has 2 aromatic heterocycles. The maximum atomic E-state index is 12.0. The first-order chi connectivity index (χ1) is 8.76. The van der Waals surface area contributed by atoms with E-state index in [1.807, 2.05) is 26.8 Å². The molecule has 6 heteroatoms. The lowest BCUT2D eigenvalue weighted by Gasteiger charge is -2.18. The predicted octanol–water partition coefficient (Wildman–Crippen LogP) is 4.62. The number of carbonyl (C=O) groups excluding carboxylic acids is 1. The number of thiophene rings is 2. The zero-order valence-electron chi connectivity index (χ0n) is 10.8. The van der Waals surface area contributed by atoms with E-state index in [-0.39, 0.29) is 5.97 Å². The van der Waals surface area contributed by atoms with Crippen LogP contribution in [-0.2, 0) is 4.74 Å². The summed E-state index contributed by atoms with van der Waals surface area (Å²) in [6, 6.07) is 3.91. The lowest BCUT2D eigenvalue weighted by atomic mass is 10.2. The minimum Gasteiger partial charge on any atom is -0.456 e. The van der Waals surface area contributed by atoms with Crippen molar-refractivity contribution in [1.29, 1.82) is 0 Å². The van der Waals surface area contributed by atoms with Crippen molar-refractivity contribution in [2.45, 2.75) is 26.4 Å².